The Hall–Kier alpha value is -1.43. The molecule has 0 aliphatic rings. The van der Waals surface area contributed by atoms with Crippen LogP contribution < -0.4 is 4.90 Å². The lowest BCUT2D eigenvalue weighted by Gasteiger charge is -2.29. The van der Waals surface area contributed by atoms with Crippen LogP contribution in [-0.2, 0) is 0 Å². The van der Waals surface area contributed by atoms with E-state index in [4.69, 9.17) is 11.6 Å². The van der Waals surface area contributed by atoms with Crippen LogP contribution >= 0.6 is 11.6 Å². The zero-order valence-corrected chi connectivity index (χ0v) is 13.1. The van der Waals surface area contributed by atoms with Crippen molar-refractivity contribution in [2.24, 2.45) is 0 Å². The van der Waals surface area contributed by atoms with Gasteiger partial charge in [-0.05, 0) is 38.3 Å². The van der Waals surface area contributed by atoms with Crippen molar-refractivity contribution in [2.75, 3.05) is 11.4 Å². The number of nitro groups is 1. The Morgan fingerprint density at radius 1 is 1.40 bits per heavy atom. The van der Waals surface area contributed by atoms with Crippen LogP contribution in [0.25, 0.3) is 0 Å². The molecule has 0 saturated heterocycles. The monoisotopic (exact) mass is 300 g/mol. The number of aryl methyl sites for hydroxylation is 1. The molecule has 0 amide bonds. The lowest BCUT2D eigenvalue weighted by atomic mass is 10.2. The lowest BCUT2D eigenvalue weighted by Crippen LogP contribution is -2.35. The number of halogens is 1. The van der Waals surface area contributed by atoms with Crippen molar-refractivity contribution in [2.45, 2.75) is 53.0 Å². The summed E-state index contributed by atoms with van der Waals surface area (Å²) >= 11 is 5.88. The Labute approximate surface area is 124 Å². The van der Waals surface area contributed by atoms with Gasteiger partial charge in [0.15, 0.2) is 0 Å². The van der Waals surface area contributed by atoms with Gasteiger partial charge in [-0.2, -0.15) is 4.98 Å². The summed E-state index contributed by atoms with van der Waals surface area (Å²) in [5, 5.41) is 11.3. The normalized spacial score (nSPS) is 12.2. The number of rotatable bonds is 7. The number of aromatic nitrogens is 2. The molecule has 112 valence electrons. The predicted molar refractivity (Wildman–Crippen MR) is 80.4 cm³/mol. The SMILES string of the molecule is CCCCN(c1nc(Cl)nc(C)c1[N+](=O)[O-])C(C)CC. The number of hydrogen-bond acceptors (Lipinski definition) is 5. The smallest absolute Gasteiger partial charge is 0.332 e. The van der Waals surface area contributed by atoms with Crippen molar-refractivity contribution in [3.8, 4) is 0 Å². The van der Waals surface area contributed by atoms with Crippen molar-refractivity contribution in [3.63, 3.8) is 0 Å². The second-order valence-electron chi connectivity index (χ2n) is 4.81. The summed E-state index contributed by atoms with van der Waals surface area (Å²) in [6.45, 7) is 8.47. The number of anilines is 1. The quantitative estimate of drug-likeness (QED) is 0.435. The summed E-state index contributed by atoms with van der Waals surface area (Å²) in [6.07, 6.45) is 2.84. The van der Waals surface area contributed by atoms with Crippen LogP contribution in [0.15, 0.2) is 0 Å². The first kappa shape index (κ1) is 16.6. The topological polar surface area (TPSA) is 72.2 Å². The Morgan fingerprint density at radius 3 is 2.55 bits per heavy atom. The minimum absolute atomic E-state index is 0.0490. The van der Waals surface area contributed by atoms with Crippen molar-refractivity contribution < 1.29 is 4.92 Å². The average Bonchev–Trinajstić information content (AvgIpc) is 2.37. The standard InChI is InChI=1S/C13H21ClN4O2/c1-5-7-8-17(9(3)6-2)12-11(18(19)20)10(4)15-13(14)16-12/h9H,5-8H2,1-4H3. The minimum atomic E-state index is -0.428. The second kappa shape index (κ2) is 7.38. The fourth-order valence-electron chi connectivity index (χ4n) is 2.02. The summed E-state index contributed by atoms with van der Waals surface area (Å²) in [6, 6.07) is 0.158. The summed E-state index contributed by atoms with van der Waals surface area (Å²) in [4.78, 5) is 20.8. The van der Waals surface area contributed by atoms with Gasteiger partial charge < -0.3 is 4.90 Å². The average molecular weight is 301 g/mol. The lowest BCUT2D eigenvalue weighted by molar-refractivity contribution is -0.385. The largest absolute Gasteiger partial charge is 0.348 e. The molecule has 1 rings (SSSR count). The molecule has 1 atom stereocenters. The first-order valence-corrected chi connectivity index (χ1v) is 7.25. The molecule has 0 fully saturated rings. The molecule has 1 heterocycles. The van der Waals surface area contributed by atoms with Crippen LogP contribution in [0, 0.1) is 17.0 Å². The third-order valence-electron chi connectivity index (χ3n) is 3.34. The first-order chi connectivity index (χ1) is 9.42. The molecule has 0 bridgehead atoms. The van der Waals surface area contributed by atoms with Gasteiger partial charge in [0.05, 0.1) is 4.92 Å². The van der Waals surface area contributed by atoms with E-state index in [2.05, 4.69) is 16.9 Å². The van der Waals surface area contributed by atoms with Crippen LogP contribution in [0.1, 0.15) is 45.7 Å². The van der Waals surface area contributed by atoms with Crippen LogP contribution in [0.2, 0.25) is 5.28 Å². The number of unbranched alkanes of at least 4 members (excludes halogenated alkanes) is 1. The van der Waals surface area contributed by atoms with E-state index in [9.17, 15) is 10.1 Å². The van der Waals surface area contributed by atoms with E-state index in [-0.39, 0.29) is 17.0 Å². The van der Waals surface area contributed by atoms with E-state index < -0.39 is 4.92 Å². The molecule has 0 N–H and O–H groups in total. The van der Waals surface area contributed by atoms with Crippen molar-refractivity contribution >= 4 is 23.1 Å². The Balaban J connectivity index is 3.33. The fourth-order valence-corrected chi connectivity index (χ4v) is 2.22. The maximum atomic E-state index is 11.3. The zero-order chi connectivity index (χ0) is 15.3. The summed E-state index contributed by atoms with van der Waals surface area (Å²) in [5.74, 6) is 0.329. The minimum Gasteiger partial charge on any atom is -0.348 e. The highest BCUT2D eigenvalue weighted by Crippen LogP contribution is 2.31. The highest BCUT2D eigenvalue weighted by molar-refractivity contribution is 6.28. The van der Waals surface area contributed by atoms with Gasteiger partial charge in [-0.3, -0.25) is 10.1 Å². The predicted octanol–water partition coefficient (Wildman–Crippen LogP) is 3.75. The van der Waals surface area contributed by atoms with Gasteiger partial charge in [0.2, 0.25) is 11.1 Å². The van der Waals surface area contributed by atoms with Gasteiger partial charge in [-0.25, -0.2) is 4.98 Å². The van der Waals surface area contributed by atoms with Gasteiger partial charge >= 0.3 is 5.69 Å². The van der Waals surface area contributed by atoms with Crippen LogP contribution in [0.5, 0.6) is 0 Å². The first-order valence-electron chi connectivity index (χ1n) is 6.87. The zero-order valence-electron chi connectivity index (χ0n) is 12.4. The van der Waals surface area contributed by atoms with Crippen LogP contribution in [0.4, 0.5) is 11.5 Å². The molecule has 0 aliphatic carbocycles. The third-order valence-corrected chi connectivity index (χ3v) is 3.51. The molecule has 1 unspecified atom stereocenters. The maximum Gasteiger partial charge on any atom is 0.332 e. The van der Waals surface area contributed by atoms with E-state index >= 15 is 0 Å². The van der Waals surface area contributed by atoms with Crippen molar-refractivity contribution in [3.05, 3.63) is 21.1 Å². The molecule has 0 aromatic carbocycles. The molecule has 0 spiro atoms. The molecular weight excluding hydrogens is 280 g/mol. The molecule has 20 heavy (non-hydrogen) atoms. The molecule has 0 radical (unpaired) electrons. The van der Waals surface area contributed by atoms with Gasteiger partial charge in [0, 0.05) is 12.6 Å². The molecule has 0 saturated carbocycles. The summed E-state index contributed by atoms with van der Waals surface area (Å²) in [7, 11) is 0. The molecule has 7 heteroatoms. The molecule has 6 nitrogen and oxygen atoms in total. The molecule has 1 aromatic heterocycles. The molecular formula is C13H21ClN4O2. The van der Waals surface area contributed by atoms with E-state index in [0.717, 1.165) is 25.8 Å². The molecule has 1 aromatic rings. The van der Waals surface area contributed by atoms with E-state index in [0.29, 0.717) is 11.5 Å². The molecule has 0 aliphatic heterocycles. The Morgan fingerprint density at radius 2 is 2.05 bits per heavy atom. The van der Waals surface area contributed by atoms with E-state index in [1.807, 2.05) is 18.7 Å². The Bertz CT molecular complexity index is 482. The highest BCUT2D eigenvalue weighted by atomic mass is 35.5. The van der Waals surface area contributed by atoms with Gasteiger partial charge in [0.1, 0.15) is 5.69 Å². The van der Waals surface area contributed by atoms with E-state index in [1.165, 1.54) is 0 Å². The van der Waals surface area contributed by atoms with Gasteiger partial charge in [-0.1, -0.05) is 20.3 Å². The van der Waals surface area contributed by atoms with Crippen LogP contribution in [0.3, 0.4) is 0 Å². The van der Waals surface area contributed by atoms with Crippen molar-refractivity contribution in [1.29, 1.82) is 0 Å². The third kappa shape index (κ3) is 3.79. The second-order valence-corrected chi connectivity index (χ2v) is 5.15. The van der Waals surface area contributed by atoms with Gasteiger partial charge in [-0.15, -0.1) is 0 Å². The number of hydrogen-bond donors (Lipinski definition) is 0. The fraction of sp³-hybridized carbons (Fsp3) is 0.692. The van der Waals surface area contributed by atoms with E-state index in [1.54, 1.807) is 6.92 Å². The summed E-state index contributed by atoms with van der Waals surface area (Å²) in [5.41, 5.74) is 0.251. The maximum absolute atomic E-state index is 11.3. The van der Waals surface area contributed by atoms with Crippen molar-refractivity contribution in [1.82, 2.24) is 9.97 Å². The van der Waals surface area contributed by atoms with Gasteiger partial charge in [0.25, 0.3) is 0 Å². The summed E-state index contributed by atoms with van der Waals surface area (Å²) < 4.78 is 0. The highest BCUT2D eigenvalue weighted by Gasteiger charge is 2.28. The number of nitrogens with zero attached hydrogens (tertiary/aromatic N) is 4. The van der Waals surface area contributed by atoms with Crippen LogP contribution in [-0.4, -0.2) is 27.5 Å². The Kier molecular flexibility index (Phi) is 6.13.